The number of alkyl halides is 2. The van der Waals surface area contributed by atoms with E-state index < -0.39 is 218 Å². The van der Waals surface area contributed by atoms with Crippen LogP contribution in [0.3, 0.4) is 0 Å². The fourth-order valence-corrected chi connectivity index (χ4v) is 7.85. The Balaban J connectivity index is 1.45. The summed E-state index contributed by atoms with van der Waals surface area (Å²) in [5.74, 6) is -72.1. The van der Waals surface area contributed by atoms with Crippen LogP contribution in [0.4, 0.5) is 101 Å². The summed E-state index contributed by atoms with van der Waals surface area (Å²) in [7, 11) is -4.15. The second-order valence-corrected chi connectivity index (χ2v) is 14.1. The third-order valence-corrected chi connectivity index (χ3v) is 10.7. The first-order valence-electron chi connectivity index (χ1n) is 17.6. The molecule has 0 heterocycles. The molecule has 0 amide bonds. The third kappa shape index (κ3) is 5.69. The quantitative estimate of drug-likeness (QED) is 0.0563. The van der Waals surface area contributed by atoms with Crippen LogP contribution >= 0.6 is 0 Å². The summed E-state index contributed by atoms with van der Waals surface area (Å²) in [5, 5.41) is -15.7. The van der Waals surface area contributed by atoms with Crippen LogP contribution in [0.1, 0.15) is 11.1 Å². The topological polar surface area (TPSA) is 18.5 Å². The molecule has 0 radical (unpaired) electrons. The first kappa shape index (κ1) is 45.0. The Labute approximate surface area is 352 Å². The van der Waals surface area contributed by atoms with Gasteiger partial charge in [0.25, 0.3) is 0 Å². The molecule has 0 fully saturated rings. The highest BCUT2D eigenvalue weighted by atomic mass is 19.3. The van der Waals surface area contributed by atoms with Crippen molar-refractivity contribution in [3.8, 4) is 22.6 Å². The van der Waals surface area contributed by atoms with Crippen LogP contribution in [0.15, 0.2) is 24.3 Å². The molecule has 67 heavy (non-hydrogen) atoms. The van der Waals surface area contributed by atoms with Crippen LogP contribution in [0.25, 0.3) is 54.2 Å². The van der Waals surface area contributed by atoms with Gasteiger partial charge in [-0.05, 0) is 22.9 Å². The SMILES string of the molecule is Fc1c(F)c(F)c2c(c1F)-c1c(F)c(F)c(F)c(OB(Oc3c(F)c(F)c(F)c4c(F)c5c(F)c(F)c(F)c(F)c5c(F)c34)c3c(F)c(F)c(F)c4c(F)c5c(F)cccc5cc34)c1C2(F)F. The number of halogens is 23. The lowest BCUT2D eigenvalue weighted by Crippen LogP contribution is -2.46. The van der Waals surface area contributed by atoms with Crippen molar-refractivity contribution in [1.29, 1.82) is 0 Å². The third-order valence-electron chi connectivity index (χ3n) is 10.7. The number of hydrogen-bond donors (Lipinski definition) is 0. The average Bonchev–Trinajstić information content (AvgIpc) is 3.53. The fourth-order valence-electron chi connectivity index (χ4n) is 7.85. The van der Waals surface area contributed by atoms with E-state index in [0.29, 0.717) is 12.1 Å². The lowest BCUT2D eigenvalue weighted by molar-refractivity contribution is 0.0404. The minimum absolute atomic E-state index is 0.215. The van der Waals surface area contributed by atoms with Gasteiger partial charge in [-0.25, -0.2) is 83.4 Å². The molecule has 0 unspecified atom stereocenters. The Morgan fingerprint density at radius 2 is 0.746 bits per heavy atom. The Hall–Kier alpha value is -7.15. The fraction of sp³-hybridized carbons (Fsp3) is 0.0244. The molecule has 1 aliphatic rings. The van der Waals surface area contributed by atoms with E-state index in [4.69, 9.17) is 9.31 Å². The lowest BCUT2D eigenvalue weighted by atomic mass is 9.74. The van der Waals surface area contributed by atoms with Gasteiger partial charge in [-0.1, -0.05) is 12.1 Å². The van der Waals surface area contributed by atoms with Gasteiger partial charge < -0.3 is 9.31 Å². The number of fused-ring (bicyclic) bond motifs is 7. The molecule has 0 aromatic heterocycles. The zero-order valence-corrected chi connectivity index (χ0v) is 30.9. The highest BCUT2D eigenvalue weighted by Gasteiger charge is 2.56. The van der Waals surface area contributed by atoms with Gasteiger partial charge in [0.05, 0.1) is 48.9 Å². The second kappa shape index (κ2) is 14.7. The van der Waals surface area contributed by atoms with Crippen LogP contribution in [0, 0.1) is 122 Å². The molecule has 344 valence electrons. The summed E-state index contributed by atoms with van der Waals surface area (Å²) < 4.78 is 364. The molecule has 8 aromatic carbocycles. The van der Waals surface area contributed by atoms with Crippen molar-refractivity contribution in [3.05, 3.63) is 158 Å². The smallest absolute Gasteiger partial charge is 0.519 e. The molecule has 9 rings (SSSR count). The summed E-state index contributed by atoms with van der Waals surface area (Å²) >= 11 is 0. The van der Waals surface area contributed by atoms with E-state index >= 15 is 74.6 Å². The molecule has 0 bridgehead atoms. The maximum Gasteiger partial charge on any atom is 0.636 e. The summed E-state index contributed by atoms with van der Waals surface area (Å²) in [6, 6.07) is 2.19. The van der Waals surface area contributed by atoms with E-state index in [-0.39, 0.29) is 6.07 Å². The maximum atomic E-state index is 16.4. The first-order valence-corrected chi connectivity index (χ1v) is 17.6. The van der Waals surface area contributed by atoms with Crippen molar-refractivity contribution in [2.24, 2.45) is 0 Å². The Bertz CT molecular complexity index is 3650. The van der Waals surface area contributed by atoms with E-state index in [9.17, 15) is 26.3 Å². The molecule has 0 atom stereocenters. The van der Waals surface area contributed by atoms with E-state index in [2.05, 4.69) is 0 Å². The van der Waals surface area contributed by atoms with Gasteiger partial charge in [-0.2, -0.15) is 17.6 Å². The minimum atomic E-state index is -5.76. The van der Waals surface area contributed by atoms with Gasteiger partial charge in [0, 0.05) is 11.1 Å². The molecule has 0 spiro atoms. The predicted octanol–water partition coefficient (Wildman–Crippen LogP) is 13.2. The van der Waals surface area contributed by atoms with Crippen molar-refractivity contribution in [3.63, 3.8) is 0 Å². The molecule has 0 N–H and O–H groups in total. The predicted molar refractivity (Wildman–Crippen MR) is 184 cm³/mol. The molecular formula is C41H4BF23O2. The maximum absolute atomic E-state index is 16.4. The van der Waals surface area contributed by atoms with Gasteiger partial charge >= 0.3 is 13.0 Å². The molecule has 0 aliphatic heterocycles. The highest BCUT2D eigenvalue weighted by Crippen LogP contribution is 2.59. The van der Waals surface area contributed by atoms with Crippen LogP contribution in [-0.2, 0) is 5.92 Å². The summed E-state index contributed by atoms with van der Waals surface area (Å²) in [4.78, 5) is 0. The van der Waals surface area contributed by atoms with Gasteiger partial charge in [0.1, 0.15) is 23.3 Å². The summed E-state index contributed by atoms with van der Waals surface area (Å²) in [6.07, 6.45) is 0. The van der Waals surface area contributed by atoms with Crippen LogP contribution in [-0.4, -0.2) is 7.12 Å². The standard InChI is InChI=1S/C41H4BF23O2/c43-7-3-1-2-5-4-6-9(19(44)8(5)7)22(47)30(55)29(54)18(6)42(67-40-17-11(24(49)34(59)38(40)63)10-16(41(17,64)65)28(53)36(61)31(56)23(10)48)66-39-15-14(27(52)35(60)37(39)62)20(45)12-13(21(15)46)26(51)33(58)32(57)25(12)50/h1-4H. The summed E-state index contributed by atoms with van der Waals surface area (Å²) in [6.45, 7) is 0. The first-order chi connectivity index (χ1) is 31.3. The lowest BCUT2D eigenvalue weighted by Gasteiger charge is -2.25. The molecule has 2 nitrogen and oxygen atoms in total. The highest BCUT2D eigenvalue weighted by molar-refractivity contribution is 6.66. The van der Waals surface area contributed by atoms with Crippen molar-refractivity contribution < 1.29 is 110 Å². The van der Waals surface area contributed by atoms with Gasteiger partial charge in [0.2, 0.25) is 11.6 Å². The van der Waals surface area contributed by atoms with Gasteiger partial charge in [0.15, 0.2) is 98.8 Å². The molecule has 26 heteroatoms. The molecule has 0 saturated carbocycles. The largest absolute Gasteiger partial charge is 0.636 e. The molecule has 1 aliphatic carbocycles. The van der Waals surface area contributed by atoms with Crippen molar-refractivity contribution in [1.82, 2.24) is 0 Å². The van der Waals surface area contributed by atoms with E-state index in [1.54, 1.807) is 0 Å². The number of hydrogen-bond acceptors (Lipinski definition) is 2. The van der Waals surface area contributed by atoms with E-state index in [1.165, 1.54) is 0 Å². The number of rotatable bonds is 5. The van der Waals surface area contributed by atoms with E-state index in [0.717, 1.165) is 6.07 Å². The molecule has 8 aromatic rings. The van der Waals surface area contributed by atoms with Crippen molar-refractivity contribution >= 4 is 55.7 Å². The average molecular weight is 976 g/mol. The van der Waals surface area contributed by atoms with Crippen molar-refractivity contribution in [2.75, 3.05) is 0 Å². The zero-order chi connectivity index (χ0) is 49.1. The minimum Gasteiger partial charge on any atom is -0.519 e. The zero-order valence-electron chi connectivity index (χ0n) is 30.9. The second-order valence-electron chi connectivity index (χ2n) is 14.1. The van der Waals surface area contributed by atoms with Crippen LogP contribution in [0.5, 0.6) is 11.5 Å². The van der Waals surface area contributed by atoms with E-state index in [1.807, 2.05) is 0 Å². The number of benzene rings is 8. The Kier molecular flexibility index (Phi) is 9.86. The Morgan fingerprint density at radius 3 is 1.33 bits per heavy atom. The Morgan fingerprint density at radius 1 is 0.343 bits per heavy atom. The molecule has 0 saturated heterocycles. The van der Waals surface area contributed by atoms with Crippen molar-refractivity contribution in [2.45, 2.75) is 5.92 Å². The van der Waals surface area contributed by atoms with Gasteiger partial charge in [-0.15, -0.1) is 0 Å². The van der Waals surface area contributed by atoms with Gasteiger partial charge in [-0.3, -0.25) is 0 Å². The van der Waals surface area contributed by atoms with Crippen LogP contribution in [0.2, 0.25) is 0 Å². The van der Waals surface area contributed by atoms with Crippen LogP contribution < -0.4 is 14.8 Å². The normalized spacial score (nSPS) is 13.1. The monoisotopic (exact) mass is 976 g/mol. The summed E-state index contributed by atoms with van der Waals surface area (Å²) in [5.41, 5.74) is -12.8. The molecular weight excluding hydrogens is 972 g/mol.